The number of likely N-dealkylation sites (tertiary alicyclic amines) is 2. The summed E-state index contributed by atoms with van der Waals surface area (Å²) in [7, 11) is 0. The number of carbonyl (C=O) groups is 13. The molecular formula is C96H133N29O13. The first-order valence-electron chi connectivity index (χ1n) is 46.8. The predicted molar refractivity (Wildman–Crippen MR) is 523 cm³/mol. The lowest BCUT2D eigenvalue weighted by Gasteiger charge is -2.32. The molecule has 10 rings (SSSR count). The summed E-state index contributed by atoms with van der Waals surface area (Å²) in [5.74, 6) is -11.9. The minimum atomic E-state index is -1.55. The number of fused-ring (bicyclic) bond motifs is 3. The normalized spacial score (nSPS) is 15.9. The number of amides is 13. The van der Waals surface area contributed by atoms with E-state index in [4.69, 9.17) is 56.0 Å². The smallest absolute Gasteiger partial charge is 0.246 e. The van der Waals surface area contributed by atoms with Gasteiger partial charge in [0.2, 0.25) is 76.8 Å². The maximum Gasteiger partial charge on any atom is 0.246 e. The average Bonchev–Trinajstić information content (AvgIpc) is 1.65. The van der Waals surface area contributed by atoms with Gasteiger partial charge in [-0.2, -0.15) is 0 Å². The quantitative estimate of drug-likeness (QED) is 0.0136. The number of benzene rings is 5. The van der Waals surface area contributed by atoms with Crippen LogP contribution in [0.4, 0.5) is 0 Å². The molecule has 0 radical (unpaired) electrons. The second-order valence-corrected chi connectivity index (χ2v) is 35.8. The molecule has 8 aromatic rings. The first kappa shape index (κ1) is 105. The Labute approximate surface area is 799 Å². The molecule has 13 amide bonds. The van der Waals surface area contributed by atoms with Gasteiger partial charge in [-0.25, -0.2) is 0 Å². The molecule has 0 aliphatic carbocycles. The molecule has 2 saturated heterocycles. The molecule has 0 saturated carbocycles. The number of nitrogens with zero attached hydrogens (tertiary/aromatic N) is 2. The second-order valence-electron chi connectivity index (χ2n) is 35.8. The standard InChI is InChI=1S/C96H133N29O13/c1-54(2)45-71(84(130)116-68(34-18-40-108-94(101)102)81(127)114-67(80(98)126)33-17-39-107-93(99)100)118-85(131)72(46-56-23-7-5-8-24-56)120-88(134)77-37-22-44-125(77)92(138)76(50-60-53-113-66-32-16-13-29-63(60)66)123-87(133)73(48-58-51-111-64-30-14-11-27-61(58)64)119-86(132)74(49-59-52-112-65-31-15-12-28-62(59)65)121-89(135)78-38-21-43-124(78)91(137)75(47-57-25-9-6-10-26-57)122-83(129)69(35-19-41-109-95(103)104)115-82(128)70(36-20-42-110-96(105)106)117-90(136)79(97)55(3)4/h5-16,23-32,51-55,67-79,111-113H,17-22,33-50,97H2,1-4H3,(H2,98,126)(H,114,127)(H,115,128)(H,116,130)(H,117,136)(H,118,131)(H,119,132)(H,120,134)(H,121,135)(H,122,129)(H,123,133)(H4,99,100,107)(H4,101,102,108)(H4,103,104,109)(H4,105,106,110)/t67-,68-,69-,70-,71-,72-,73-,74-,75-,76-,77-,78-,79-/m0/s1. The SMILES string of the molecule is CC(C)C[C@H](NC(=O)[C@H](Cc1ccccc1)NC(=O)[C@@H]1CCCN1C(=O)[C@H](Cc1c[nH]c2ccccc12)NC(=O)[C@H](Cc1c[nH]c2ccccc12)NC(=O)[C@H](Cc1c[nH]c2ccccc12)NC(=O)[C@@H]1CCCN1C(=O)[C@H](Cc1ccccc1)NC(=O)[C@H](CCCNC(=N)N)NC(=O)[C@H](CCCNC(=N)N)NC(=O)[C@@H](N)C(C)C)C(=O)N[C@@H](CCCNC(=N)N)C(=O)N[C@@H](CCCNC(=N)N)C(N)=O. The van der Waals surface area contributed by atoms with Gasteiger partial charge in [-0.15, -0.1) is 0 Å². The molecule has 0 bridgehead atoms. The number of para-hydroxylation sites is 3. The van der Waals surface area contributed by atoms with Crippen molar-refractivity contribution in [2.45, 2.75) is 222 Å². The lowest BCUT2D eigenvalue weighted by Crippen LogP contribution is -2.61. The van der Waals surface area contributed by atoms with Gasteiger partial charge in [-0.05, 0) is 141 Å². The Kier molecular flexibility index (Phi) is 39.2. The van der Waals surface area contributed by atoms with Crippen LogP contribution in [-0.2, 0) is 94.4 Å². The van der Waals surface area contributed by atoms with Gasteiger partial charge in [0.25, 0.3) is 0 Å². The first-order chi connectivity index (χ1) is 66.1. The van der Waals surface area contributed by atoms with Gasteiger partial charge in [0.1, 0.15) is 72.5 Å². The van der Waals surface area contributed by atoms with Gasteiger partial charge in [0.15, 0.2) is 23.8 Å². The molecule has 2 fully saturated rings. The van der Waals surface area contributed by atoms with E-state index in [0.29, 0.717) is 66.9 Å². The number of hydrogen-bond donors (Lipinski definition) is 27. The fourth-order valence-corrected chi connectivity index (χ4v) is 17.2. The van der Waals surface area contributed by atoms with Crippen LogP contribution in [0.25, 0.3) is 32.7 Å². The fourth-order valence-electron chi connectivity index (χ4n) is 17.2. The van der Waals surface area contributed by atoms with Gasteiger partial charge in [-0.3, -0.25) is 84.0 Å². The van der Waals surface area contributed by atoms with E-state index in [9.17, 15) is 24.0 Å². The fraction of sp³-hybridized carbons (Fsp3) is 0.448. The lowest BCUT2D eigenvalue weighted by atomic mass is 9.99. The van der Waals surface area contributed by atoms with Crippen molar-refractivity contribution in [3.63, 3.8) is 0 Å². The number of primary amides is 1. The van der Waals surface area contributed by atoms with Crippen molar-refractivity contribution in [3.8, 4) is 0 Å². The third-order valence-corrected chi connectivity index (χ3v) is 24.5. The molecule has 13 atom stereocenters. The predicted octanol–water partition coefficient (Wildman–Crippen LogP) is 0.0416. The molecular weight excluding hydrogens is 1770 g/mol. The van der Waals surface area contributed by atoms with E-state index in [0.717, 1.165) is 0 Å². The Morgan fingerprint density at radius 2 is 0.630 bits per heavy atom. The van der Waals surface area contributed by atoms with E-state index < -0.39 is 155 Å². The average molecular weight is 1900 g/mol. The molecule has 0 spiro atoms. The van der Waals surface area contributed by atoms with Crippen molar-refractivity contribution in [3.05, 3.63) is 180 Å². The van der Waals surface area contributed by atoms with Gasteiger partial charge >= 0.3 is 0 Å². The Morgan fingerprint density at radius 1 is 0.348 bits per heavy atom. The lowest BCUT2D eigenvalue weighted by molar-refractivity contribution is -0.143. The number of aromatic amines is 3. The van der Waals surface area contributed by atoms with Crippen molar-refractivity contribution in [1.29, 1.82) is 21.6 Å². The number of H-pyrrole nitrogens is 3. The molecule has 5 heterocycles. The van der Waals surface area contributed by atoms with Crippen LogP contribution in [0.5, 0.6) is 0 Å². The zero-order valence-electron chi connectivity index (χ0n) is 78.2. The highest BCUT2D eigenvalue weighted by Gasteiger charge is 2.44. The number of aromatic nitrogens is 3. The molecule has 138 heavy (non-hydrogen) atoms. The monoisotopic (exact) mass is 1900 g/mol. The molecule has 0 unspecified atom stereocenters. The Bertz CT molecular complexity index is 5590. The Balaban J connectivity index is 0.934. The largest absolute Gasteiger partial charge is 0.370 e. The van der Waals surface area contributed by atoms with Crippen LogP contribution in [-0.4, -0.2) is 243 Å². The van der Waals surface area contributed by atoms with E-state index in [1.54, 1.807) is 93.1 Å². The highest BCUT2D eigenvalue weighted by atomic mass is 16.2. The zero-order valence-corrected chi connectivity index (χ0v) is 78.2. The Hall–Kier alpha value is -15.1. The molecule has 2 aliphatic rings. The molecule has 5 aromatic carbocycles. The summed E-state index contributed by atoms with van der Waals surface area (Å²) in [4.78, 5) is 207. The number of rotatable bonds is 52. The van der Waals surface area contributed by atoms with Gasteiger partial charge in [-0.1, -0.05) is 143 Å². The minimum Gasteiger partial charge on any atom is -0.370 e. The van der Waals surface area contributed by atoms with Gasteiger partial charge in [0.05, 0.1) is 6.04 Å². The van der Waals surface area contributed by atoms with Crippen molar-refractivity contribution >= 4 is 133 Å². The van der Waals surface area contributed by atoms with Crippen molar-refractivity contribution in [2.24, 2.45) is 46.2 Å². The summed E-state index contributed by atoms with van der Waals surface area (Å²) in [6.07, 6.45) is 5.89. The van der Waals surface area contributed by atoms with Crippen molar-refractivity contribution < 1.29 is 62.3 Å². The van der Waals surface area contributed by atoms with Crippen molar-refractivity contribution in [2.75, 3.05) is 39.3 Å². The highest BCUT2D eigenvalue weighted by Crippen LogP contribution is 2.28. The minimum absolute atomic E-state index is 0.00270. The van der Waals surface area contributed by atoms with Crippen LogP contribution in [0.2, 0.25) is 0 Å². The van der Waals surface area contributed by atoms with Crippen LogP contribution in [0.15, 0.2) is 152 Å². The van der Waals surface area contributed by atoms with E-state index in [1.807, 2.05) is 86.6 Å². The summed E-state index contributed by atoms with van der Waals surface area (Å²) in [6.45, 7) is 7.68. The second kappa shape index (κ2) is 51.5. The molecule has 42 heteroatoms. The number of nitrogens with two attached hydrogens (primary N) is 6. The topological polar surface area (TPSA) is 696 Å². The number of nitrogens with one attached hydrogen (secondary N) is 21. The number of carbonyl (C=O) groups excluding carboxylic acids is 13. The first-order valence-corrected chi connectivity index (χ1v) is 46.8. The summed E-state index contributed by atoms with van der Waals surface area (Å²) >= 11 is 0. The molecule has 3 aromatic heterocycles. The summed E-state index contributed by atoms with van der Waals surface area (Å²) in [5, 5.41) is 71.9. The molecule has 740 valence electrons. The van der Waals surface area contributed by atoms with Crippen LogP contribution in [0, 0.1) is 33.5 Å². The Morgan fingerprint density at radius 3 is 0.993 bits per heavy atom. The van der Waals surface area contributed by atoms with Gasteiger partial charge < -0.3 is 134 Å². The molecule has 2 aliphatic heterocycles. The van der Waals surface area contributed by atoms with E-state index in [2.05, 4.69) is 89.4 Å². The number of hydrogen-bond acceptors (Lipinski definition) is 18. The van der Waals surface area contributed by atoms with Crippen LogP contribution >= 0.6 is 0 Å². The third-order valence-electron chi connectivity index (χ3n) is 24.5. The number of guanidine groups is 4. The van der Waals surface area contributed by atoms with Crippen LogP contribution < -0.4 is 109 Å². The zero-order chi connectivity index (χ0) is 99.6. The van der Waals surface area contributed by atoms with E-state index in [1.165, 1.54) is 9.80 Å². The summed E-state index contributed by atoms with van der Waals surface area (Å²) < 4.78 is 0. The third kappa shape index (κ3) is 31.0. The molecule has 42 nitrogen and oxygen atoms in total. The maximum atomic E-state index is 16.1. The van der Waals surface area contributed by atoms with Crippen LogP contribution in [0.3, 0.4) is 0 Å². The van der Waals surface area contributed by atoms with Crippen molar-refractivity contribution in [1.82, 2.24) is 99.2 Å². The highest BCUT2D eigenvalue weighted by molar-refractivity contribution is 6.02. The van der Waals surface area contributed by atoms with E-state index >= 15 is 38.4 Å². The molecule has 33 N–H and O–H groups in total. The van der Waals surface area contributed by atoms with Gasteiger partial charge in [0, 0.05) is 123 Å². The van der Waals surface area contributed by atoms with E-state index in [-0.39, 0.29) is 184 Å². The van der Waals surface area contributed by atoms with Crippen LogP contribution in [0.1, 0.15) is 139 Å². The maximum absolute atomic E-state index is 16.1. The summed E-state index contributed by atoms with van der Waals surface area (Å²) in [6, 6.07) is 22.1. The summed E-state index contributed by atoms with van der Waals surface area (Å²) in [5.41, 5.74) is 39.2.